The molecule has 40 heavy (non-hydrogen) atoms. The maximum atomic E-state index is 10.7. The molecule has 0 spiro atoms. The Morgan fingerprint density at radius 1 is 0.400 bits per heavy atom. The summed E-state index contributed by atoms with van der Waals surface area (Å²) in [5, 5.41) is 15.0. The van der Waals surface area contributed by atoms with Crippen LogP contribution in [0, 0.1) is 0 Å². The molecule has 16 heteroatoms. The number of carbonyl (C=O) groups is 6. The van der Waals surface area contributed by atoms with Gasteiger partial charge in [-0.2, -0.15) is 0 Å². The van der Waals surface area contributed by atoms with Crippen LogP contribution in [0.25, 0.3) is 17.2 Å². The molecule has 233 valence electrons. The van der Waals surface area contributed by atoms with Gasteiger partial charge in [0.2, 0.25) is 35.4 Å². The van der Waals surface area contributed by atoms with E-state index < -0.39 is 35.1 Å². The minimum Gasteiger partial charge on any atom is -0.669 e. The second kappa shape index (κ2) is 19.5. The second-order valence-corrected chi connectivity index (χ2v) is 10.7. The molecule has 0 aliphatic carbocycles. The Morgan fingerprint density at radius 3 is 0.550 bits per heavy atom. The van der Waals surface area contributed by atoms with Gasteiger partial charge in [-0.05, 0) is 0 Å². The molecule has 0 heterocycles. The van der Waals surface area contributed by atoms with E-state index in [2.05, 4.69) is 31.9 Å². The summed E-state index contributed by atoms with van der Waals surface area (Å²) in [6.45, 7) is 17.8. The Labute approximate surface area is 253 Å². The molecule has 6 amide bonds. The molecule has 0 aliphatic rings. The van der Waals surface area contributed by atoms with Gasteiger partial charge in [0.15, 0.2) is 0 Å². The molecule has 0 rings (SSSR count). The molecule has 0 fully saturated rings. The predicted molar refractivity (Wildman–Crippen MR) is 149 cm³/mol. The smallest absolute Gasteiger partial charge is 0.218 e. The van der Waals surface area contributed by atoms with Gasteiger partial charge in [0.1, 0.15) is 0 Å². The largest absolute Gasteiger partial charge is 0.669 e. The zero-order valence-corrected chi connectivity index (χ0v) is 28.8. The fourth-order valence-electron chi connectivity index (χ4n) is 2.41. The number of nitrogens with one attached hydrogen (secondary N) is 9. The third kappa shape index (κ3) is 27.0. The zero-order chi connectivity index (χ0) is 31.9. The van der Waals surface area contributed by atoms with E-state index in [0.29, 0.717) is 0 Å². The average molecular weight is 740 g/mol. The molecular formula is C24H48N9O6Ta-3. The van der Waals surface area contributed by atoms with E-state index in [1.165, 1.54) is 41.5 Å². The van der Waals surface area contributed by atoms with Gasteiger partial charge in [-0.25, -0.2) is 0 Å². The standard InChI is InChI=1S/3C8H16N3O2.Ta/c3*1-5(12)10-7(8(3,4)9)11-6(2)13;/h3*7,9H,1-4H3,(H,10,12)(H,11,13);/q3*-1;. The van der Waals surface area contributed by atoms with Gasteiger partial charge in [-0.3, -0.25) is 28.8 Å². The van der Waals surface area contributed by atoms with Crippen molar-refractivity contribution in [1.29, 1.82) is 0 Å². The van der Waals surface area contributed by atoms with Crippen molar-refractivity contribution < 1.29 is 51.1 Å². The molecule has 0 aromatic carbocycles. The monoisotopic (exact) mass is 739 g/mol. The van der Waals surface area contributed by atoms with E-state index in [9.17, 15) is 28.8 Å². The summed E-state index contributed by atoms with van der Waals surface area (Å²) in [7, 11) is 0. The number of carbonyl (C=O) groups excluding carboxylic acids is 6. The van der Waals surface area contributed by atoms with Gasteiger partial charge in [-0.15, -0.1) is 0 Å². The summed E-state index contributed by atoms with van der Waals surface area (Å²) in [5.41, 5.74) is 20.1. The fraction of sp³-hybridized carbons (Fsp3) is 0.750. The molecule has 0 saturated carbocycles. The summed E-state index contributed by atoms with van der Waals surface area (Å²) >= 11 is 0. The van der Waals surface area contributed by atoms with Crippen LogP contribution in [0.4, 0.5) is 0 Å². The molecule has 1 radical (unpaired) electrons. The van der Waals surface area contributed by atoms with Crippen molar-refractivity contribution >= 4 is 35.4 Å². The summed E-state index contributed by atoms with van der Waals surface area (Å²) in [6, 6.07) is 0. The van der Waals surface area contributed by atoms with E-state index in [-0.39, 0.29) is 57.8 Å². The maximum absolute atomic E-state index is 10.7. The second-order valence-electron chi connectivity index (χ2n) is 10.7. The Hall–Kier alpha value is -2.56. The Kier molecular flexibility index (Phi) is 21.7. The van der Waals surface area contributed by atoms with Crippen LogP contribution >= 0.6 is 0 Å². The molecule has 0 unspecified atom stereocenters. The van der Waals surface area contributed by atoms with E-state index in [1.807, 2.05) is 0 Å². The van der Waals surface area contributed by atoms with Gasteiger partial charge >= 0.3 is 0 Å². The van der Waals surface area contributed by atoms with Gasteiger partial charge in [-0.1, -0.05) is 58.2 Å². The SMILES string of the molecule is CC(=O)NC(NC(C)=O)C(C)(C)[NH-].CC(=O)NC(NC(C)=O)C(C)(C)[NH-].CC(=O)NC(NC(C)=O)C(C)(C)[NH-].[Ta]. The molecular weight excluding hydrogens is 691 g/mol. The normalized spacial score (nSPS) is 10.9. The van der Waals surface area contributed by atoms with Crippen molar-refractivity contribution in [1.82, 2.24) is 31.9 Å². The van der Waals surface area contributed by atoms with Crippen LogP contribution in [0.2, 0.25) is 0 Å². The number of hydrogen-bond donors (Lipinski definition) is 6. The predicted octanol–water partition coefficient (Wildman–Crippen LogP) is 1.24. The Morgan fingerprint density at radius 2 is 0.500 bits per heavy atom. The first-order chi connectivity index (χ1) is 17.2. The quantitative estimate of drug-likeness (QED) is 0.190. The van der Waals surface area contributed by atoms with Crippen LogP contribution in [0.5, 0.6) is 0 Å². The van der Waals surface area contributed by atoms with Gasteiger partial charge in [0.05, 0.1) is 18.5 Å². The van der Waals surface area contributed by atoms with E-state index in [4.69, 9.17) is 17.2 Å². The minimum absolute atomic E-state index is 0. The molecule has 0 aromatic heterocycles. The van der Waals surface area contributed by atoms with Crippen LogP contribution in [0.3, 0.4) is 0 Å². The van der Waals surface area contributed by atoms with Crippen LogP contribution in [0.15, 0.2) is 0 Å². The summed E-state index contributed by atoms with van der Waals surface area (Å²) < 4.78 is 0. The van der Waals surface area contributed by atoms with Crippen molar-refractivity contribution in [3.8, 4) is 0 Å². The van der Waals surface area contributed by atoms with Crippen molar-refractivity contribution in [3.63, 3.8) is 0 Å². The first-order valence-corrected chi connectivity index (χ1v) is 12.1. The Bertz CT molecular complexity index is 692. The van der Waals surface area contributed by atoms with E-state index >= 15 is 0 Å². The maximum Gasteiger partial charge on any atom is 0.218 e. The molecule has 0 bridgehead atoms. The van der Waals surface area contributed by atoms with Crippen LogP contribution < -0.4 is 31.9 Å². The summed E-state index contributed by atoms with van der Waals surface area (Å²) in [6.07, 6.45) is -1.95. The van der Waals surface area contributed by atoms with Gasteiger partial charge in [0, 0.05) is 63.9 Å². The number of rotatable bonds is 9. The molecule has 0 saturated heterocycles. The minimum atomic E-state index is -0.933. The van der Waals surface area contributed by atoms with Crippen molar-refractivity contribution in [2.45, 2.75) is 118 Å². The van der Waals surface area contributed by atoms with Gasteiger partial charge in [0.25, 0.3) is 0 Å². The van der Waals surface area contributed by atoms with E-state index in [0.717, 1.165) is 0 Å². The summed E-state index contributed by atoms with van der Waals surface area (Å²) in [4.78, 5) is 64.4. The number of amides is 6. The molecule has 0 aromatic rings. The summed E-state index contributed by atoms with van der Waals surface area (Å²) in [5.74, 6) is -1.59. The fourth-order valence-corrected chi connectivity index (χ4v) is 2.41. The molecule has 15 nitrogen and oxygen atoms in total. The molecule has 9 N–H and O–H groups in total. The van der Waals surface area contributed by atoms with Crippen LogP contribution in [-0.4, -0.2) is 70.6 Å². The first-order valence-electron chi connectivity index (χ1n) is 12.1. The third-order valence-corrected chi connectivity index (χ3v) is 4.25. The topological polar surface area (TPSA) is 246 Å². The number of hydrogen-bond acceptors (Lipinski definition) is 6. The average Bonchev–Trinajstić information content (AvgIpc) is 2.63. The van der Waals surface area contributed by atoms with Crippen LogP contribution in [0.1, 0.15) is 83.1 Å². The van der Waals surface area contributed by atoms with Crippen molar-refractivity contribution in [2.75, 3.05) is 0 Å². The zero-order valence-electron chi connectivity index (χ0n) is 25.6. The van der Waals surface area contributed by atoms with Crippen molar-refractivity contribution in [2.24, 2.45) is 0 Å². The third-order valence-electron chi connectivity index (χ3n) is 4.25. The van der Waals surface area contributed by atoms with Crippen molar-refractivity contribution in [3.05, 3.63) is 17.2 Å². The molecule has 0 atom stereocenters. The van der Waals surface area contributed by atoms with Gasteiger partial charge < -0.3 is 49.1 Å². The first kappa shape index (κ1) is 44.5. The van der Waals surface area contributed by atoms with Crippen LogP contribution in [-0.2, 0) is 51.1 Å². The van der Waals surface area contributed by atoms with E-state index in [1.54, 1.807) is 41.5 Å². The molecule has 0 aliphatic heterocycles. The Balaban J connectivity index is -0.000000240.